The van der Waals surface area contributed by atoms with E-state index in [1.54, 1.807) is 21.3 Å². The van der Waals surface area contributed by atoms with E-state index >= 15 is 0 Å². The van der Waals surface area contributed by atoms with Gasteiger partial charge in [-0.2, -0.15) is 0 Å². The zero-order chi connectivity index (χ0) is 28.6. The molecule has 0 atom stereocenters. The maximum atomic E-state index is 5.68. The fourth-order valence-corrected chi connectivity index (χ4v) is 3.33. The summed E-state index contributed by atoms with van der Waals surface area (Å²) in [6.07, 6.45) is 0. The first-order valence-electron chi connectivity index (χ1n) is 12.8. The van der Waals surface area contributed by atoms with Crippen molar-refractivity contribution in [2.45, 2.75) is 13.8 Å². The molecule has 0 unspecified atom stereocenters. The van der Waals surface area contributed by atoms with Gasteiger partial charge >= 0.3 is 0 Å². The lowest BCUT2D eigenvalue weighted by Crippen LogP contribution is -1.85. The molecule has 0 spiro atoms. The molecule has 0 saturated carbocycles. The van der Waals surface area contributed by atoms with E-state index in [9.17, 15) is 0 Å². The lowest BCUT2D eigenvalue weighted by Gasteiger charge is -2.06. The highest BCUT2D eigenvalue weighted by Crippen LogP contribution is 2.24. The normalized spacial score (nSPS) is 9.62. The Morgan fingerprint density at radius 2 is 0.550 bits per heavy atom. The van der Waals surface area contributed by atoms with Crippen LogP contribution < -0.4 is 23.7 Å². The average molecular weight is 537 g/mol. The largest absolute Gasteiger partial charge is 0.497 e. The molecule has 5 aromatic carbocycles. The maximum Gasteiger partial charge on any atom is 0.127 e. The molecule has 0 aliphatic heterocycles. The van der Waals surface area contributed by atoms with Gasteiger partial charge in [0.1, 0.15) is 40.2 Å². The molecule has 40 heavy (non-hydrogen) atoms. The Labute approximate surface area is 237 Å². The van der Waals surface area contributed by atoms with E-state index < -0.39 is 0 Å². The van der Waals surface area contributed by atoms with Crippen LogP contribution in [0.4, 0.5) is 0 Å². The van der Waals surface area contributed by atoms with Crippen molar-refractivity contribution in [1.29, 1.82) is 0 Å². The predicted molar refractivity (Wildman–Crippen MR) is 161 cm³/mol. The Kier molecular flexibility index (Phi) is 12.0. The van der Waals surface area contributed by atoms with Crippen molar-refractivity contribution in [3.05, 3.63) is 139 Å². The van der Waals surface area contributed by atoms with E-state index in [1.807, 2.05) is 127 Å². The summed E-state index contributed by atoms with van der Waals surface area (Å²) in [6.45, 7) is 4.11. The second-order valence-corrected chi connectivity index (χ2v) is 8.70. The van der Waals surface area contributed by atoms with Crippen molar-refractivity contribution in [3.8, 4) is 40.2 Å². The molecular weight excluding hydrogens is 500 g/mol. The smallest absolute Gasteiger partial charge is 0.127 e. The van der Waals surface area contributed by atoms with Crippen LogP contribution in [0.25, 0.3) is 0 Å². The molecule has 5 heteroatoms. The maximum absolute atomic E-state index is 5.68. The van der Waals surface area contributed by atoms with Crippen LogP contribution in [0.5, 0.6) is 40.2 Å². The Bertz CT molecular complexity index is 1360. The molecule has 5 aromatic rings. The summed E-state index contributed by atoms with van der Waals surface area (Å²) in [5.41, 5.74) is 2.48. The first-order valence-corrected chi connectivity index (χ1v) is 12.8. The van der Waals surface area contributed by atoms with Gasteiger partial charge in [-0.05, 0) is 98.8 Å². The standard InChI is InChI=1S/C14H14O2.C13H12O2.C8H10O/c1-11-3-5-13(6-4-11)16-14-9-7-12(15-2)8-10-14;1-14-11-7-9-13(10-8-11)15-12-5-3-2-4-6-12;1-7-3-5-8(9-2)6-4-7/h3-10H,1-2H3;2-10H,1H3;3-6H,1-2H3. The van der Waals surface area contributed by atoms with E-state index in [4.69, 9.17) is 23.7 Å². The third kappa shape index (κ3) is 10.5. The molecular formula is C35H36O5. The molecule has 5 rings (SSSR count). The van der Waals surface area contributed by atoms with E-state index in [0.717, 1.165) is 40.2 Å². The predicted octanol–water partition coefficient (Wildman–Crippen LogP) is 9.29. The zero-order valence-electron chi connectivity index (χ0n) is 23.7. The first kappa shape index (κ1) is 29.7. The Hall–Kier alpha value is -4.90. The summed E-state index contributed by atoms with van der Waals surface area (Å²) in [5, 5.41) is 0. The molecule has 0 radical (unpaired) electrons. The summed E-state index contributed by atoms with van der Waals surface area (Å²) in [7, 11) is 4.97. The van der Waals surface area contributed by atoms with Gasteiger partial charge in [0.2, 0.25) is 0 Å². The van der Waals surface area contributed by atoms with Gasteiger partial charge in [0.15, 0.2) is 0 Å². The van der Waals surface area contributed by atoms with Crippen LogP contribution in [0.15, 0.2) is 127 Å². The second kappa shape index (κ2) is 16.1. The summed E-state index contributed by atoms with van der Waals surface area (Å²) in [6, 6.07) is 40.7. The number of aryl methyl sites for hydroxylation is 2. The molecule has 0 amide bonds. The zero-order valence-corrected chi connectivity index (χ0v) is 23.7. The molecule has 0 heterocycles. The monoisotopic (exact) mass is 536 g/mol. The van der Waals surface area contributed by atoms with E-state index in [0.29, 0.717) is 0 Å². The first-order chi connectivity index (χ1) is 19.5. The van der Waals surface area contributed by atoms with Gasteiger partial charge in [-0.1, -0.05) is 53.6 Å². The van der Waals surface area contributed by atoms with Crippen LogP contribution in [0.3, 0.4) is 0 Å². The quantitative estimate of drug-likeness (QED) is 0.207. The Morgan fingerprint density at radius 3 is 0.875 bits per heavy atom. The van der Waals surface area contributed by atoms with Crippen molar-refractivity contribution in [1.82, 2.24) is 0 Å². The van der Waals surface area contributed by atoms with Gasteiger partial charge in [-0.15, -0.1) is 0 Å². The van der Waals surface area contributed by atoms with Crippen LogP contribution in [0.2, 0.25) is 0 Å². The van der Waals surface area contributed by atoms with Crippen LogP contribution in [0, 0.1) is 13.8 Å². The number of benzene rings is 5. The highest BCUT2D eigenvalue weighted by Gasteiger charge is 1.98. The molecule has 0 saturated heterocycles. The average Bonchev–Trinajstić information content (AvgIpc) is 3.01. The molecule has 0 aromatic heterocycles. The SMILES string of the molecule is COc1ccc(C)cc1.COc1ccc(Oc2ccc(C)cc2)cc1.COc1ccc(Oc2ccccc2)cc1. The lowest BCUT2D eigenvalue weighted by molar-refractivity contribution is 0.413. The highest BCUT2D eigenvalue weighted by molar-refractivity contribution is 5.37. The van der Waals surface area contributed by atoms with Crippen molar-refractivity contribution in [2.75, 3.05) is 21.3 Å². The molecule has 0 aliphatic rings. The minimum absolute atomic E-state index is 0.807. The van der Waals surface area contributed by atoms with Gasteiger partial charge in [0, 0.05) is 0 Å². The van der Waals surface area contributed by atoms with Crippen molar-refractivity contribution in [3.63, 3.8) is 0 Å². The number of para-hydroxylation sites is 1. The van der Waals surface area contributed by atoms with E-state index in [2.05, 4.69) is 13.8 Å². The van der Waals surface area contributed by atoms with Gasteiger partial charge in [0.05, 0.1) is 21.3 Å². The second-order valence-electron chi connectivity index (χ2n) is 8.70. The fourth-order valence-electron chi connectivity index (χ4n) is 3.33. The highest BCUT2D eigenvalue weighted by atomic mass is 16.5. The van der Waals surface area contributed by atoms with Gasteiger partial charge < -0.3 is 23.7 Å². The Morgan fingerprint density at radius 1 is 0.300 bits per heavy atom. The van der Waals surface area contributed by atoms with Crippen LogP contribution >= 0.6 is 0 Å². The fraction of sp³-hybridized carbons (Fsp3) is 0.143. The van der Waals surface area contributed by atoms with Crippen molar-refractivity contribution >= 4 is 0 Å². The summed E-state index contributed by atoms with van der Waals surface area (Å²) in [4.78, 5) is 0. The molecule has 206 valence electrons. The van der Waals surface area contributed by atoms with E-state index in [1.165, 1.54) is 11.1 Å². The van der Waals surface area contributed by atoms with Crippen LogP contribution in [-0.2, 0) is 0 Å². The van der Waals surface area contributed by atoms with Crippen molar-refractivity contribution < 1.29 is 23.7 Å². The van der Waals surface area contributed by atoms with Gasteiger partial charge in [0.25, 0.3) is 0 Å². The van der Waals surface area contributed by atoms with Gasteiger partial charge in [-0.25, -0.2) is 0 Å². The summed E-state index contributed by atoms with van der Waals surface area (Å²) in [5.74, 6) is 5.87. The van der Waals surface area contributed by atoms with Crippen LogP contribution in [0.1, 0.15) is 11.1 Å². The van der Waals surface area contributed by atoms with Crippen LogP contribution in [-0.4, -0.2) is 21.3 Å². The number of rotatable bonds is 7. The molecule has 0 N–H and O–H groups in total. The third-order valence-electron chi connectivity index (χ3n) is 5.61. The van der Waals surface area contributed by atoms with Gasteiger partial charge in [-0.3, -0.25) is 0 Å². The summed E-state index contributed by atoms with van der Waals surface area (Å²) >= 11 is 0. The topological polar surface area (TPSA) is 46.2 Å². The summed E-state index contributed by atoms with van der Waals surface area (Å²) < 4.78 is 26.4. The number of hydrogen-bond donors (Lipinski definition) is 0. The number of methoxy groups -OCH3 is 3. The molecule has 0 bridgehead atoms. The van der Waals surface area contributed by atoms with E-state index in [-0.39, 0.29) is 0 Å². The van der Waals surface area contributed by atoms with Crippen molar-refractivity contribution in [2.24, 2.45) is 0 Å². The minimum Gasteiger partial charge on any atom is -0.497 e. The molecule has 5 nitrogen and oxygen atoms in total. The number of ether oxygens (including phenoxy) is 5. The molecule has 0 fully saturated rings. The third-order valence-corrected chi connectivity index (χ3v) is 5.61. The number of hydrogen-bond acceptors (Lipinski definition) is 5. The lowest BCUT2D eigenvalue weighted by atomic mass is 10.2. The Balaban J connectivity index is 0.000000172. The minimum atomic E-state index is 0.807. The molecule has 0 aliphatic carbocycles.